The Morgan fingerprint density at radius 1 is 0.725 bits per heavy atom. The number of hydrogen-bond acceptors (Lipinski definition) is 11. The molecule has 0 unspecified atom stereocenters. The van der Waals surface area contributed by atoms with E-state index in [-0.39, 0.29) is 31.8 Å². The summed E-state index contributed by atoms with van der Waals surface area (Å²) in [6, 6.07) is 2.54. The summed E-state index contributed by atoms with van der Waals surface area (Å²) in [6.45, 7) is 9.30. The lowest BCUT2D eigenvalue weighted by Crippen LogP contribution is -2.60. The fourth-order valence-electron chi connectivity index (χ4n) is 4.28. The SMILES string of the molecule is CC(C)C[C@H](NC(=O)[C@H](CC(N)=O)NC(=O)[C@@H](NC(=O)OCc1ccccc1)[C@@H](C)O)C(=O)N[C@@H](CCC(N)=O)C(=O)NNC(=O)OC(C)(C)C. The van der Waals surface area contributed by atoms with Crippen molar-refractivity contribution in [1.82, 2.24) is 32.1 Å². The van der Waals surface area contributed by atoms with Gasteiger partial charge in [0.1, 0.15) is 36.4 Å². The maximum absolute atomic E-state index is 13.4. The van der Waals surface area contributed by atoms with Crippen molar-refractivity contribution in [2.75, 3.05) is 0 Å². The molecule has 0 heterocycles. The fourth-order valence-corrected chi connectivity index (χ4v) is 4.28. The van der Waals surface area contributed by atoms with Gasteiger partial charge in [-0.3, -0.25) is 34.2 Å². The minimum atomic E-state index is -1.67. The van der Waals surface area contributed by atoms with Gasteiger partial charge < -0.3 is 47.3 Å². The average Bonchev–Trinajstić information content (AvgIpc) is 3.01. The highest BCUT2D eigenvalue weighted by atomic mass is 16.6. The van der Waals surface area contributed by atoms with Crippen LogP contribution in [0.3, 0.4) is 0 Å². The van der Waals surface area contributed by atoms with Gasteiger partial charge in [-0.05, 0) is 52.0 Å². The molecule has 0 saturated carbocycles. The second-order valence-corrected chi connectivity index (χ2v) is 13.0. The smallest absolute Gasteiger partial charge is 0.426 e. The Morgan fingerprint density at radius 3 is 1.82 bits per heavy atom. The highest BCUT2D eigenvalue weighted by Crippen LogP contribution is 2.09. The van der Waals surface area contributed by atoms with Gasteiger partial charge in [0.25, 0.3) is 5.91 Å². The Hall–Kier alpha value is -5.46. The van der Waals surface area contributed by atoms with Crippen molar-refractivity contribution in [3.05, 3.63) is 35.9 Å². The minimum absolute atomic E-state index is 0.000236. The molecule has 0 aliphatic heterocycles. The van der Waals surface area contributed by atoms with Crippen LogP contribution in [0.4, 0.5) is 9.59 Å². The van der Waals surface area contributed by atoms with E-state index in [4.69, 9.17) is 20.9 Å². The summed E-state index contributed by atoms with van der Waals surface area (Å²) >= 11 is 0. The molecular formula is C32H50N8O11. The molecule has 19 heteroatoms. The number of ether oxygens (including phenoxy) is 2. The van der Waals surface area contributed by atoms with Gasteiger partial charge in [0.2, 0.25) is 29.5 Å². The number of hydrazine groups is 1. The Labute approximate surface area is 295 Å². The summed E-state index contributed by atoms with van der Waals surface area (Å²) in [6.07, 6.45) is -4.90. The van der Waals surface area contributed by atoms with Crippen LogP contribution < -0.4 is 43.6 Å². The van der Waals surface area contributed by atoms with E-state index in [0.29, 0.717) is 5.56 Å². The van der Waals surface area contributed by atoms with Gasteiger partial charge in [0.05, 0.1) is 12.5 Å². The number of aliphatic hydroxyl groups excluding tert-OH is 1. The molecular weight excluding hydrogens is 672 g/mol. The van der Waals surface area contributed by atoms with Crippen LogP contribution in [0.2, 0.25) is 0 Å². The molecule has 0 fully saturated rings. The van der Waals surface area contributed by atoms with Crippen molar-refractivity contribution in [1.29, 1.82) is 0 Å². The molecule has 0 saturated heterocycles. The second-order valence-electron chi connectivity index (χ2n) is 13.0. The third kappa shape index (κ3) is 18.2. The number of aliphatic hydroxyl groups is 1. The maximum Gasteiger partial charge on any atom is 0.426 e. The van der Waals surface area contributed by atoms with Crippen LogP contribution in [-0.4, -0.2) is 88.6 Å². The number of benzene rings is 1. The van der Waals surface area contributed by atoms with Crippen LogP contribution in [0, 0.1) is 5.92 Å². The second kappa shape index (κ2) is 20.9. The molecule has 284 valence electrons. The summed E-state index contributed by atoms with van der Waals surface area (Å²) in [4.78, 5) is 101. The lowest BCUT2D eigenvalue weighted by atomic mass is 10.0. The summed E-state index contributed by atoms with van der Waals surface area (Å²) in [5.74, 6) is -5.96. The van der Waals surface area contributed by atoms with Gasteiger partial charge in [-0.25, -0.2) is 15.0 Å². The molecule has 0 radical (unpaired) electrons. The zero-order valence-electron chi connectivity index (χ0n) is 29.6. The molecule has 11 N–H and O–H groups in total. The number of carbonyl (C=O) groups is 8. The van der Waals surface area contributed by atoms with Crippen LogP contribution in [0.15, 0.2) is 30.3 Å². The van der Waals surface area contributed by atoms with Gasteiger partial charge in [-0.1, -0.05) is 44.2 Å². The van der Waals surface area contributed by atoms with Crippen LogP contribution in [0.25, 0.3) is 0 Å². The van der Waals surface area contributed by atoms with Crippen molar-refractivity contribution in [2.45, 2.75) is 110 Å². The van der Waals surface area contributed by atoms with Crippen molar-refractivity contribution < 1.29 is 52.9 Å². The number of nitrogens with one attached hydrogen (secondary N) is 6. The van der Waals surface area contributed by atoms with Gasteiger partial charge in [-0.2, -0.15) is 0 Å². The largest absolute Gasteiger partial charge is 0.445 e. The summed E-state index contributed by atoms with van der Waals surface area (Å²) in [5, 5.41) is 19.5. The van der Waals surface area contributed by atoms with Crippen LogP contribution in [0.1, 0.15) is 72.8 Å². The van der Waals surface area contributed by atoms with Crippen LogP contribution in [-0.2, 0) is 44.8 Å². The van der Waals surface area contributed by atoms with Gasteiger partial charge in [-0.15, -0.1) is 0 Å². The Morgan fingerprint density at radius 2 is 1.29 bits per heavy atom. The van der Waals surface area contributed by atoms with E-state index in [1.54, 1.807) is 65.0 Å². The molecule has 0 aliphatic carbocycles. The van der Waals surface area contributed by atoms with Gasteiger partial charge in [0, 0.05) is 6.42 Å². The fraction of sp³-hybridized carbons (Fsp3) is 0.562. The highest BCUT2D eigenvalue weighted by molar-refractivity contribution is 5.97. The molecule has 0 aliphatic rings. The number of hydrogen-bond donors (Lipinski definition) is 9. The highest BCUT2D eigenvalue weighted by Gasteiger charge is 2.34. The monoisotopic (exact) mass is 722 g/mol. The van der Waals surface area contributed by atoms with E-state index in [1.165, 1.54) is 6.92 Å². The lowest BCUT2D eigenvalue weighted by molar-refractivity contribution is -0.136. The Balaban J connectivity index is 3.10. The third-order valence-corrected chi connectivity index (χ3v) is 6.63. The molecule has 1 rings (SSSR count). The first-order valence-corrected chi connectivity index (χ1v) is 16.1. The average molecular weight is 723 g/mol. The molecule has 5 atom stereocenters. The lowest BCUT2D eigenvalue weighted by Gasteiger charge is -2.27. The zero-order valence-corrected chi connectivity index (χ0v) is 29.6. The van der Waals surface area contributed by atoms with Crippen molar-refractivity contribution in [3.63, 3.8) is 0 Å². The van der Waals surface area contributed by atoms with Gasteiger partial charge >= 0.3 is 12.2 Å². The first kappa shape index (κ1) is 43.6. The van der Waals surface area contributed by atoms with Crippen molar-refractivity contribution >= 4 is 47.6 Å². The quantitative estimate of drug-likeness (QED) is 0.0816. The Kier molecular flexibility index (Phi) is 17.9. The molecule has 1 aromatic carbocycles. The number of carbonyl (C=O) groups excluding carboxylic acids is 8. The predicted octanol–water partition coefficient (Wildman–Crippen LogP) is -1.14. The summed E-state index contributed by atoms with van der Waals surface area (Å²) < 4.78 is 10.1. The first-order valence-electron chi connectivity index (χ1n) is 16.1. The van der Waals surface area contributed by atoms with Crippen LogP contribution >= 0.6 is 0 Å². The molecule has 0 bridgehead atoms. The number of rotatable bonds is 18. The predicted molar refractivity (Wildman–Crippen MR) is 180 cm³/mol. The first-order chi connectivity index (χ1) is 23.7. The van der Waals surface area contributed by atoms with Crippen LogP contribution in [0.5, 0.6) is 0 Å². The van der Waals surface area contributed by atoms with Crippen molar-refractivity contribution in [3.8, 4) is 0 Å². The number of primary amides is 2. The molecule has 0 aromatic heterocycles. The number of amides is 8. The Bertz CT molecular complexity index is 1380. The van der Waals surface area contributed by atoms with Crippen molar-refractivity contribution in [2.24, 2.45) is 17.4 Å². The summed E-state index contributed by atoms with van der Waals surface area (Å²) in [7, 11) is 0. The zero-order chi connectivity index (χ0) is 38.9. The standard InChI is InChI=1S/C32H50N8O11/c1-17(2)14-21(26(44)35-20(12-13-23(33)42)28(46)39-40-31(49)51-32(4,5)6)36-27(45)22(15-24(34)43)37-29(47)25(18(3)41)38-30(48)50-16-19-10-8-7-9-11-19/h7-11,17-18,20-22,25,41H,12-16H2,1-6H3,(H2,33,42)(H2,34,43)(H,35,44)(H,36,45)(H,37,47)(H,38,48)(H,39,46)(H,40,49)/t18-,20+,21+,22+,25+/m1/s1. The molecule has 19 nitrogen and oxygen atoms in total. The molecule has 0 spiro atoms. The van der Waals surface area contributed by atoms with E-state index >= 15 is 0 Å². The summed E-state index contributed by atoms with van der Waals surface area (Å²) in [5.41, 5.74) is 14.4. The minimum Gasteiger partial charge on any atom is -0.445 e. The van der Waals surface area contributed by atoms with Gasteiger partial charge in [0.15, 0.2) is 0 Å². The van der Waals surface area contributed by atoms with E-state index in [2.05, 4.69) is 26.7 Å². The normalized spacial score (nSPS) is 14.0. The topological polar surface area (TPSA) is 299 Å². The molecule has 1 aromatic rings. The number of alkyl carbamates (subject to hydrolysis) is 1. The molecule has 51 heavy (non-hydrogen) atoms. The van der Waals surface area contributed by atoms with E-state index in [9.17, 15) is 43.5 Å². The molecule has 8 amide bonds. The van der Waals surface area contributed by atoms with E-state index in [1.807, 2.05) is 5.43 Å². The maximum atomic E-state index is 13.4. The van der Waals surface area contributed by atoms with E-state index in [0.717, 1.165) is 0 Å². The van der Waals surface area contributed by atoms with E-state index < -0.39 is 89.9 Å². The third-order valence-electron chi connectivity index (χ3n) is 6.63. The number of nitrogens with two attached hydrogens (primary N) is 2.